The quantitative estimate of drug-likeness (QED) is 0.541. The zero-order chi connectivity index (χ0) is 23.8. The number of carbonyl (C=O) groups is 1. The number of hydrogen-bond donors (Lipinski definition) is 1. The third-order valence-electron chi connectivity index (χ3n) is 5.49. The molecule has 2 aromatic heterocycles. The van der Waals surface area contributed by atoms with E-state index >= 15 is 0 Å². The minimum absolute atomic E-state index is 0.0557. The topological polar surface area (TPSA) is 102 Å². The molecule has 1 saturated heterocycles. The maximum absolute atomic E-state index is 14.7. The van der Waals surface area contributed by atoms with Crippen LogP contribution in [0.1, 0.15) is 56.9 Å². The fourth-order valence-electron chi connectivity index (χ4n) is 3.63. The number of esters is 1. The fraction of sp³-hybridized carbons (Fsp3) is 0.600. The van der Waals surface area contributed by atoms with Crippen LogP contribution in [0.25, 0.3) is 5.52 Å². The molecule has 1 N–H and O–H groups in total. The van der Waals surface area contributed by atoms with Gasteiger partial charge in [0.2, 0.25) is 5.95 Å². The molecule has 1 unspecified atom stereocenters. The summed E-state index contributed by atoms with van der Waals surface area (Å²) in [6.07, 6.45) is -4.13. The highest BCUT2D eigenvalue weighted by atomic mass is 19.4. The summed E-state index contributed by atoms with van der Waals surface area (Å²) >= 11 is 0. The highest BCUT2D eigenvalue weighted by Crippen LogP contribution is 2.42. The number of ether oxygens (including phenoxy) is 2. The van der Waals surface area contributed by atoms with Gasteiger partial charge in [0.1, 0.15) is 23.4 Å². The summed E-state index contributed by atoms with van der Waals surface area (Å²) in [5.41, 5.74) is -4.47. The van der Waals surface area contributed by atoms with Crippen LogP contribution in [0.4, 0.5) is 23.5 Å². The molecule has 8 nitrogen and oxygen atoms in total. The first-order valence-corrected chi connectivity index (χ1v) is 9.94. The van der Waals surface area contributed by atoms with Gasteiger partial charge < -0.3 is 14.8 Å². The van der Waals surface area contributed by atoms with E-state index in [2.05, 4.69) is 15.4 Å². The monoisotopic (exact) mass is 457 g/mol. The normalized spacial score (nSPS) is 20.6. The minimum atomic E-state index is -4.87. The molecule has 0 spiro atoms. The first kappa shape index (κ1) is 23.7. The lowest BCUT2D eigenvalue weighted by molar-refractivity contribution is -0.153. The van der Waals surface area contributed by atoms with Gasteiger partial charge in [0.05, 0.1) is 35.6 Å². The van der Waals surface area contributed by atoms with Gasteiger partial charge in [0, 0.05) is 19.4 Å². The highest BCUT2D eigenvalue weighted by Gasteiger charge is 2.43. The van der Waals surface area contributed by atoms with Gasteiger partial charge in [-0.15, -0.1) is 5.10 Å². The molecule has 0 amide bonds. The van der Waals surface area contributed by atoms with E-state index in [1.165, 1.54) is 27.7 Å². The van der Waals surface area contributed by atoms with Crippen molar-refractivity contribution in [3.05, 3.63) is 23.0 Å². The Balaban J connectivity index is 2.12. The fourth-order valence-corrected chi connectivity index (χ4v) is 3.63. The number of hydrogen-bond acceptors (Lipinski definition) is 7. The number of nitrogens with zero attached hydrogens (tertiary/aromatic N) is 4. The molecular formula is C20H23F4N5O3. The molecule has 32 heavy (non-hydrogen) atoms. The third-order valence-corrected chi connectivity index (χ3v) is 5.49. The van der Waals surface area contributed by atoms with Crippen molar-refractivity contribution >= 4 is 17.4 Å². The average molecular weight is 457 g/mol. The standard InChI is InChI=1S/C20H23F4N5O3/c1-10(19(3,4)21)17-12(7-25)16(20(22,23)24)14-8-26-18(28-29(14)17)27-13-5-6-31-9-15(13)32-11(2)30/h8,10,13,15H,5-6,9H2,1-4H3,(H,27,28)/t10?,13-,15-/m1/s1. The van der Waals surface area contributed by atoms with Crippen molar-refractivity contribution in [2.75, 3.05) is 18.5 Å². The van der Waals surface area contributed by atoms with E-state index in [4.69, 9.17) is 9.47 Å². The Hall–Kier alpha value is -2.94. The van der Waals surface area contributed by atoms with Gasteiger partial charge in [-0.3, -0.25) is 4.79 Å². The largest absolute Gasteiger partial charge is 0.458 e. The number of halogens is 4. The molecule has 0 bridgehead atoms. The van der Waals surface area contributed by atoms with E-state index in [1.807, 2.05) is 0 Å². The lowest BCUT2D eigenvalue weighted by atomic mass is 9.89. The lowest BCUT2D eigenvalue weighted by Gasteiger charge is -2.31. The van der Waals surface area contributed by atoms with Crippen molar-refractivity contribution in [1.29, 1.82) is 5.26 Å². The molecule has 0 aliphatic carbocycles. The Morgan fingerprint density at radius 1 is 1.41 bits per heavy atom. The molecule has 174 valence electrons. The van der Waals surface area contributed by atoms with Gasteiger partial charge >= 0.3 is 12.1 Å². The van der Waals surface area contributed by atoms with Crippen LogP contribution in [0.5, 0.6) is 0 Å². The first-order valence-electron chi connectivity index (χ1n) is 9.94. The number of rotatable bonds is 5. The smallest absolute Gasteiger partial charge is 0.419 e. The summed E-state index contributed by atoms with van der Waals surface area (Å²) < 4.78 is 67.6. The van der Waals surface area contributed by atoms with Gasteiger partial charge in [-0.25, -0.2) is 13.9 Å². The van der Waals surface area contributed by atoms with Crippen molar-refractivity contribution in [2.45, 2.75) is 64.0 Å². The number of carbonyl (C=O) groups excluding carboxylic acids is 1. The number of nitrogens with one attached hydrogen (secondary N) is 1. The molecule has 3 rings (SSSR count). The van der Waals surface area contributed by atoms with Gasteiger partial charge in [-0.2, -0.15) is 18.4 Å². The number of fused-ring (bicyclic) bond motifs is 1. The molecule has 1 aliphatic heterocycles. The number of anilines is 1. The van der Waals surface area contributed by atoms with E-state index in [0.717, 1.165) is 10.7 Å². The Kier molecular flexibility index (Phi) is 6.33. The maximum atomic E-state index is 14.7. The lowest BCUT2D eigenvalue weighted by Crippen LogP contribution is -2.44. The van der Waals surface area contributed by atoms with Crippen molar-refractivity contribution in [3.8, 4) is 6.07 Å². The predicted molar refractivity (Wildman–Crippen MR) is 105 cm³/mol. The van der Waals surface area contributed by atoms with Crippen LogP contribution in [-0.4, -0.2) is 51.6 Å². The molecule has 1 aliphatic rings. The second-order valence-corrected chi connectivity index (χ2v) is 8.17. The molecule has 3 atom stereocenters. The van der Waals surface area contributed by atoms with Crippen LogP contribution < -0.4 is 5.32 Å². The van der Waals surface area contributed by atoms with Crippen LogP contribution in [0, 0.1) is 11.3 Å². The summed E-state index contributed by atoms with van der Waals surface area (Å²) in [5.74, 6) is -1.65. The average Bonchev–Trinajstić information content (AvgIpc) is 3.01. The summed E-state index contributed by atoms with van der Waals surface area (Å²) in [6, 6.07) is 1.13. The zero-order valence-electron chi connectivity index (χ0n) is 18.0. The van der Waals surface area contributed by atoms with E-state index < -0.39 is 52.5 Å². The molecular weight excluding hydrogens is 434 g/mol. The highest BCUT2D eigenvalue weighted by molar-refractivity contribution is 5.67. The minimum Gasteiger partial charge on any atom is -0.458 e. The summed E-state index contributed by atoms with van der Waals surface area (Å²) in [6.45, 7) is 5.60. The second-order valence-electron chi connectivity index (χ2n) is 8.17. The van der Waals surface area contributed by atoms with Gasteiger partial charge in [0.15, 0.2) is 0 Å². The van der Waals surface area contributed by atoms with Crippen LogP contribution in [0.15, 0.2) is 6.20 Å². The van der Waals surface area contributed by atoms with E-state index in [1.54, 1.807) is 6.07 Å². The van der Waals surface area contributed by atoms with Gasteiger partial charge in [0.25, 0.3) is 0 Å². The summed E-state index contributed by atoms with van der Waals surface area (Å²) in [4.78, 5) is 15.3. The summed E-state index contributed by atoms with van der Waals surface area (Å²) in [5, 5.41) is 16.6. The Morgan fingerprint density at radius 2 is 2.09 bits per heavy atom. The van der Waals surface area contributed by atoms with Crippen LogP contribution >= 0.6 is 0 Å². The maximum Gasteiger partial charge on any atom is 0.419 e. The second kappa shape index (κ2) is 8.54. The third kappa shape index (κ3) is 4.62. The SMILES string of the molecule is CC(=O)O[C@@H]1COCC[C@H]1Nc1ncc2c(C(F)(F)F)c(C#N)c(C(C)C(C)(C)F)n2n1. The molecule has 0 radical (unpaired) electrons. The molecule has 12 heteroatoms. The van der Waals surface area contributed by atoms with Crippen molar-refractivity contribution in [3.63, 3.8) is 0 Å². The molecule has 2 aromatic rings. The first-order chi connectivity index (χ1) is 14.8. The zero-order valence-corrected chi connectivity index (χ0v) is 18.0. The number of aromatic nitrogens is 3. The van der Waals surface area contributed by atoms with Crippen molar-refractivity contribution in [1.82, 2.24) is 14.6 Å². The van der Waals surface area contributed by atoms with Crippen LogP contribution in [-0.2, 0) is 20.4 Å². The van der Waals surface area contributed by atoms with Crippen LogP contribution in [0.2, 0.25) is 0 Å². The van der Waals surface area contributed by atoms with Crippen molar-refractivity contribution in [2.24, 2.45) is 0 Å². The Morgan fingerprint density at radius 3 is 2.66 bits per heavy atom. The van der Waals surface area contributed by atoms with Crippen LogP contribution in [0.3, 0.4) is 0 Å². The van der Waals surface area contributed by atoms with E-state index in [-0.39, 0.29) is 18.2 Å². The Labute approximate surface area is 181 Å². The van der Waals surface area contributed by atoms with E-state index in [0.29, 0.717) is 13.0 Å². The number of alkyl halides is 4. The van der Waals surface area contributed by atoms with E-state index in [9.17, 15) is 27.6 Å². The molecule has 0 saturated carbocycles. The summed E-state index contributed by atoms with van der Waals surface area (Å²) in [7, 11) is 0. The van der Waals surface area contributed by atoms with Gasteiger partial charge in [-0.05, 0) is 20.3 Å². The van der Waals surface area contributed by atoms with Crippen molar-refractivity contribution < 1.29 is 31.8 Å². The molecule has 3 heterocycles. The number of nitriles is 1. The Bertz CT molecular complexity index is 1050. The molecule has 0 aromatic carbocycles. The molecule has 1 fully saturated rings. The predicted octanol–water partition coefficient (Wildman–Crippen LogP) is 3.60. The van der Waals surface area contributed by atoms with Gasteiger partial charge in [-0.1, -0.05) is 6.92 Å².